The molecule has 0 radical (unpaired) electrons. The topological polar surface area (TPSA) is 42.5 Å². The summed E-state index contributed by atoms with van der Waals surface area (Å²) < 4.78 is 11.3. The Morgan fingerprint density at radius 1 is 0.583 bits per heavy atom. The van der Waals surface area contributed by atoms with E-state index in [9.17, 15) is 0 Å². The summed E-state index contributed by atoms with van der Waals surface area (Å²) >= 11 is 0. The maximum atomic E-state index is 5.74. The van der Waals surface area contributed by atoms with Gasteiger partial charge in [-0.05, 0) is 74.6 Å². The van der Waals surface area contributed by atoms with Gasteiger partial charge < -0.3 is 20.1 Å². The number of nitrogens with one attached hydrogen (secondary N) is 2. The molecule has 6 heteroatoms. The molecule has 0 saturated carbocycles. The van der Waals surface area contributed by atoms with Crippen molar-refractivity contribution in [3.05, 3.63) is 83.9 Å². The van der Waals surface area contributed by atoms with Gasteiger partial charge in [-0.1, -0.05) is 79.6 Å². The zero-order valence-corrected chi connectivity index (χ0v) is 23.3. The number of benzene rings is 3. The summed E-state index contributed by atoms with van der Waals surface area (Å²) in [5.41, 5.74) is 4.97. The van der Waals surface area contributed by atoms with Crippen LogP contribution < -0.4 is 20.1 Å². The molecule has 0 spiro atoms. The Kier molecular flexibility index (Phi) is 16.7. The van der Waals surface area contributed by atoms with Gasteiger partial charge in [-0.3, -0.25) is 0 Å². The van der Waals surface area contributed by atoms with Crippen LogP contribution in [0, 0.1) is 0 Å². The van der Waals surface area contributed by atoms with Crippen LogP contribution in [-0.4, -0.2) is 40.4 Å². The van der Waals surface area contributed by atoms with Gasteiger partial charge in [0, 0.05) is 5.56 Å². The Morgan fingerprint density at radius 3 is 1.75 bits per heavy atom. The first-order valence-electron chi connectivity index (χ1n) is 12.6. The lowest BCUT2D eigenvalue weighted by Gasteiger charge is -2.17. The van der Waals surface area contributed by atoms with Crippen LogP contribution in [0.15, 0.2) is 72.8 Å². The molecule has 4 nitrogen and oxygen atoms in total. The average molecular weight is 534 g/mol. The van der Waals surface area contributed by atoms with Crippen LogP contribution >= 0.6 is 24.8 Å². The number of unbranched alkanes of at least 4 members (excludes halogenated alkanes) is 3. The minimum absolute atomic E-state index is 0. The van der Waals surface area contributed by atoms with Crippen molar-refractivity contribution in [2.24, 2.45) is 0 Å². The van der Waals surface area contributed by atoms with E-state index in [2.05, 4.69) is 71.3 Å². The molecule has 0 unspecified atom stereocenters. The van der Waals surface area contributed by atoms with Crippen molar-refractivity contribution < 1.29 is 9.47 Å². The van der Waals surface area contributed by atoms with E-state index in [4.69, 9.17) is 9.47 Å². The predicted molar refractivity (Wildman–Crippen MR) is 158 cm³/mol. The standard InChI is InChI=1S/C30H40N2O2.2ClH/c1-33-28-18-17-27(29(30(28)34-2)26-15-9-6-10-16-26)20-24-32-22-12-4-3-11-21-31-23-19-25-13-7-5-8-14-25;;/h5-10,13-18,31-32H,3-4,11-12,19-24H2,1-2H3;2*1H. The van der Waals surface area contributed by atoms with Gasteiger partial charge in [0.25, 0.3) is 0 Å². The molecular weight excluding hydrogens is 491 g/mol. The monoisotopic (exact) mass is 532 g/mol. The Balaban J connectivity index is 0.00000324. The fourth-order valence-corrected chi connectivity index (χ4v) is 4.30. The van der Waals surface area contributed by atoms with Gasteiger partial charge in [0.2, 0.25) is 0 Å². The third kappa shape index (κ3) is 10.4. The van der Waals surface area contributed by atoms with Crippen molar-refractivity contribution in [3.8, 4) is 22.6 Å². The molecule has 0 saturated heterocycles. The molecule has 0 aliphatic heterocycles. The number of ether oxygens (including phenoxy) is 2. The average Bonchev–Trinajstić information content (AvgIpc) is 2.89. The van der Waals surface area contributed by atoms with Crippen LogP contribution in [0.4, 0.5) is 0 Å². The summed E-state index contributed by atoms with van der Waals surface area (Å²) in [5.74, 6) is 1.58. The van der Waals surface area contributed by atoms with Gasteiger partial charge in [0.1, 0.15) is 0 Å². The smallest absolute Gasteiger partial charge is 0.168 e. The van der Waals surface area contributed by atoms with Crippen LogP contribution in [0.2, 0.25) is 0 Å². The second-order valence-corrected chi connectivity index (χ2v) is 8.60. The molecule has 2 N–H and O–H groups in total. The lowest BCUT2D eigenvalue weighted by molar-refractivity contribution is 0.355. The molecule has 0 aliphatic carbocycles. The summed E-state index contributed by atoms with van der Waals surface area (Å²) in [5, 5.41) is 7.18. The fourth-order valence-electron chi connectivity index (χ4n) is 4.30. The highest BCUT2D eigenvalue weighted by Crippen LogP contribution is 2.40. The fraction of sp³-hybridized carbons (Fsp3) is 0.400. The van der Waals surface area contributed by atoms with Gasteiger partial charge in [0.15, 0.2) is 11.5 Å². The first-order chi connectivity index (χ1) is 16.8. The second kappa shape index (κ2) is 18.9. The van der Waals surface area contributed by atoms with Gasteiger partial charge in [-0.15, -0.1) is 24.8 Å². The molecule has 198 valence electrons. The van der Waals surface area contributed by atoms with E-state index in [1.807, 2.05) is 12.1 Å². The lowest BCUT2D eigenvalue weighted by Crippen LogP contribution is -2.19. The van der Waals surface area contributed by atoms with Crippen LogP contribution in [-0.2, 0) is 12.8 Å². The molecule has 0 bridgehead atoms. The zero-order valence-electron chi connectivity index (χ0n) is 21.6. The Labute approximate surface area is 230 Å². The lowest BCUT2D eigenvalue weighted by atomic mass is 9.96. The normalized spacial score (nSPS) is 10.3. The predicted octanol–water partition coefficient (Wildman–Crippen LogP) is 6.74. The largest absolute Gasteiger partial charge is 0.493 e. The third-order valence-corrected chi connectivity index (χ3v) is 6.16. The van der Waals surface area contributed by atoms with E-state index in [0.717, 1.165) is 61.6 Å². The number of methoxy groups -OCH3 is 2. The molecule has 0 atom stereocenters. The number of hydrogen-bond acceptors (Lipinski definition) is 4. The van der Waals surface area contributed by atoms with Crippen molar-refractivity contribution >= 4 is 24.8 Å². The first-order valence-corrected chi connectivity index (χ1v) is 12.6. The minimum atomic E-state index is 0. The van der Waals surface area contributed by atoms with E-state index in [1.165, 1.54) is 36.8 Å². The highest BCUT2D eigenvalue weighted by atomic mass is 35.5. The molecule has 3 aromatic rings. The number of halogens is 2. The van der Waals surface area contributed by atoms with E-state index >= 15 is 0 Å². The molecule has 0 amide bonds. The van der Waals surface area contributed by atoms with Crippen LogP contribution in [0.5, 0.6) is 11.5 Å². The highest BCUT2D eigenvalue weighted by Gasteiger charge is 2.16. The maximum absolute atomic E-state index is 5.74. The van der Waals surface area contributed by atoms with Gasteiger partial charge >= 0.3 is 0 Å². The Morgan fingerprint density at radius 2 is 1.17 bits per heavy atom. The van der Waals surface area contributed by atoms with Crippen molar-refractivity contribution in [2.75, 3.05) is 40.4 Å². The quantitative estimate of drug-likeness (QED) is 0.200. The molecular formula is C30H42Cl2N2O2. The summed E-state index contributed by atoms with van der Waals surface area (Å²) in [6.45, 7) is 4.19. The van der Waals surface area contributed by atoms with E-state index in [-0.39, 0.29) is 24.8 Å². The minimum Gasteiger partial charge on any atom is -0.493 e. The van der Waals surface area contributed by atoms with Gasteiger partial charge in [0.05, 0.1) is 14.2 Å². The van der Waals surface area contributed by atoms with Gasteiger partial charge in [-0.25, -0.2) is 0 Å². The number of rotatable bonds is 16. The van der Waals surface area contributed by atoms with Crippen molar-refractivity contribution in [2.45, 2.75) is 38.5 Å². The molecule has 0 aliphatic rings. The highest BCUT2D eigenvalue weighted by molar-refractivity contribution is 5.85. The summed E-state index contributed by atoms with van der Waals surface area (Å²) in [6.07, 6.45) is 7.10. The van der Waals surface area contributed by atoms with Crippen LogP contribution in [0.1, 0.15) is 36.8 Å². The summed E-state index contributed by atoms with van der Waals surface area (Å²) in [7, 11) is 3.40. The molecule has 0 fully saturated rings. The van der Waals surface area contributed by atoms with Gasteiger partial charge in [-0.2, -0.15) is 0 Å². The zero-order chi connectivity index (χ0) is 23.8. The van der Waals surface area contributed by atoms with Crippen molar-refractivity contribution in [3.63, 3.8) is 0 Å². The van der Waals surface area contributed by atoms with Crippen LogP contribution in [0.25, 0.3) is 11.1 Å². The van der Waals surface area contributed by atoms with E-state index in [0.29, 0.717) is 0 Å². The Hall–Kier alpha value is -2.24. The number of hydrogen-bond donors (Lipinski definition) is 2. The molecule has 0 aromatic heterocycles. The van der Waals surface area contributed by atoms with E-state index < -0.39 is 0 Å². The third-order valence-electron chi connectivity index (χ3n) is 6.16. The van der Waals surface area contributed by atoms with E-state index in [1.54, 1.807) is 14.2 Å². The molecule has 3 aromatic carbocycles. The SMILES string of the molecule is COc1ccc(CCNCCCCCCNCCc2ccccc2)c(-c2ccccc2)c1OC.Cl.Cl. The second-order valence-electron chi connectivity index (χ2n) is 8.60. The summed E-state index contributed by atoms with van der Waals surface area (Å²) in [4.78, 5) is 0. The molecule has 0 heterocycles. The van der Waals surface area contributed by atoms with Crippen LogP contribution in [0.3, 0.4) is 0 Å². The molecule has 36 heavy (non-hydrogen) atoms. The maximum Gasteiger partial charge on any atom is 0.168 e. The molecule has 3 rings (SSSR count). The first kappa shape index (κ1) is 31.8. The van der Waals surface area contributed by atoms with Crippen molar-refractivity contribution in [1.82, 2.24) is 10.6 Å². The summed E-state index contributed by atoms with van der Waals surface area (Å²) in [6, 6.07) is 25.3. The van der Waals surface area contributed by atoms with Crippen molar-refractivity contribution in [1.29, 1.82) is 0 Å². The Bertz CT molecular complexity index is 956.